The molecule has 0 aromatic heterocycles. The van der Waals surface area contributed by atoms with E-state index < -0.39 is 26.5 Å². The summed E-state index contributed by atoms with van der Waals surface area (Å²) < 4.78 is 40.6. The number of nitrogens with zero attached hydrogens (tertiary/aromatic N) is 1. The van der Waals surface area contributed by atoms with Gasteiger partial charge in [0.25, 0.3) is 0 Å². The molecule has 118 valence electrons. The van der Waals surface area contributed by atoms with Gasteiger partial charge in [-0.1, -0.05) is 20.3 Å². The van der Waals surface area contributed by atoms with Crippen LogP contribution in [0.3, 0.4) is 0 Å². The monoisotopic (exact) mass is 318 g/mol. The maximum absolute atomic E-state index is 13.5. The molecule has 0 heterocycles. The average Bonchev–Trinajstić information content (AvgIpc) is 2.37. The second-order valence-electron chi connectivity index (χ2n) is 4.84. The van der Waals surface area contributed by atoms with Crippen molar-refractivity contribution in [1.82, 2.24) is 4.72 Å². The largest absolute Gasteiger partial charge is 0.306 e. The standard InChI is InChI=1S/C13H19FN2O4S/c1-4-6-10(5-2)15-21(19,20)13-8-12(16(17)18)11(14)7-9(13)3/h7-8,10,15H,4-6H2,1-3H3. The van der Waals surface area contributed by atoms with Crippen LogP contribution < -0.4 is 4.72 Å². The summed E-state index contributed by atoms with van der Waals surface area (Å²) in [6.07, 6.45) is 2.08. The third-order valence-electron chi connectivity index (χ3n) is 3.18. The van der Waals surface area contributed by atoms with E-state index in [2.05, 4.69) is 4.72 Å². The highest BCUT2D eigenvalue weighted by Gasteiger charge is 2.25. The lowest BCUT2D eigenvalue weighted by Gasteiger charge is -2.17. The fraction of sp³-hybridized carbons (Fsp3) is 0.538. The van der Waals surface area contributed by atoms with Gasteiger partial charge in [-0.3, -0.25) is 10.1 Å². The number of nitro groups is 1. The molecule has 1 unspecified atom stereocenters. The Balaban J connectivity index is 3.25. The molecule has 1 rings (SSSR count). The number of sulfonamides is 1. The van der Waals surface area contributed by atoms with Gasteiger partial charge in [-0.2, -0.15) is 4.39 Å². The topological polar surface area (TPSA) is 89.3 Å². The molecule has 0 radical (unpaired) electrons. The zero-order valence-corrected chi connectivity index (χ0v) is 13.0. The fourth-order valence-corrected chi connectivity index (χ4v) is 3.65. The van der Waals surface area contributed by atoms with E-state index in [4.69, 9.17) is 0 Å². The van der Waals surface area contributed by atoms with Gasteiger partial charge in [-0.15, -0.1) is 0 Å². The van der Waals surface area contributed by atoms with Crippen LogP contribution in [0, 0.1) is 22.9 Å². The van der Waals surface area contributed by atoms with E-state index in [1.165, 1.54) is 6.92 Å². The third-order valence-corrected chi connectivity index (χ3v) is 4.84. The second kappa shape index (κ2) is 6.95. The van der Waals surface area contributed by atoms with Crippen LogP contribution in [0.4, 0.5) is 10.1 Å². The summed E-state index contributed by atoms with van der Waals surface area (Å²) in [5.74, 6) is -1.04. The van der Waals surface area contributed by atoms with Crippen LogP contribution in [-0.2, 0) is 10.0 Å². The summed E-state index contributed by atoms with van der Waals surface area (Å²) in [6, 6.07) is 1.39. The number of hydrogen-bond acceptors (Lipinski definition) is 4. The fourth-order valence-electron chi connectivity index (χ4n) is 2.05. The van der Waals surface area contributed by atoms with E-state index in [1.807, 2.05) is 13.8 Å². The van der Waals surface area contributed by atoms with Gasteiger partial charge in [0.1, 0.15) is 0 Å². The molecule has 0 aliphatic carbocycles. The maximum atomic E-state index is 13.5. The molecular weight excluding hydrogens is 299 g/mol. The molecule has 0 aliphatic heterocycles. The van der Waals surface area contributed by atoms with Crippen LogP contribution in [-0.4, -0.2) is 19.4 Å². The molecule has 0 saturated heterocycles. The van der Waals surface area contributed by atoms with Crippen molar-refractivity contribution < 1.29 is 17.7 Å². The maximum Gasteiger partial charge on any atom is 0.306 e. The van der Waals surface area contributed by atoms with Gasteiger partial charge in [0.05, 0.1) is 9.82 Å². The molecule has 0 amide bonds. The molecule has 21 heavy (non-hydrogen) atoms. The van der Waals surface area contributed by atoms with Crippen LogP contribution in [0.25, 0.3) is 0 Å². The number of benzene rings is 1. The Hall–Kier alpha value is -1.54. The number of aryl methyl sites for hydroxylation is 1. The average molecular weight is 318 g/mol. The van der Waals surface area contributed by atoms with Crippen molar-refractivity contribution >= 4 is 15.7 Å². The zero-order chi connectivity index (χ0) is 16.2. The van der Waals surface area contributed by atoms with Gasteiger partial charge in [0, 0.05) is 12.1 Å². The smallest absolute Gasteiger partial charge is 0.258 e. The van der Waals surface area contributed by atoms with Crippen LogP contribution >= 0.6 is 0 Å². The molecule has 6 nitrogen and oxygen atoms in total. The number of halogens is 1. The molecule has 8 heteroatoms. The first kappa shape index (κ1) is 17.5. The quantitative estimate of drug-likeness (QED) is 0.618. The Morgan fingerprint density at radius 3 is 2.48 bits per heavy atom. The first-order chi connectivity index (χ1) is 9.72. The highest BCUT2D eigenvalue weighted by atomic mass is 32.2. The van der Waals surface area contributed by atoms with Crippen molar-refractivity contribution in [3.05, 3.63) is 33.6 Å². The minimum absolute atomic E-state index is 0.136. The molecule has 0 spiro atoms. The first-order valence-electron chi connectivity index (χ1n) is 6.69. The molecule has 0 saturated carbocycles. The van der Waals surface area contributed by atoms with Crippen molar-refractivity contribution in [1.29, 1.82) is 0 Å². The first-order valence-corrected chi connectivity index (χ1v) is 8.18. The molecule has 0 aliphatic rings. The van der Waals surface area contributed by atoms with E-state index in [-0.39, 0.29) is 16.5 Å². The van der Waals surface area contributed by atoms with Gasteiger partial charge >= 0.3 is 5.69 Å². The van der Waals surface area contributed by atoms with E-state index in [0.717, 1.165) is 18.6 Å². The molecule has 0 fully saturated rings. The predicted octanol–water partition coefficient (Wildman–Crippen LogP) is 2.90. The van der Waals surface area contributed by atoms with Crippen molar-refractivity contribution in [3.8, 4) is 0 Å². The lowest BCUT2D eigenvalue weighted by Crippen LogP contribution is -2.34. The Bertz CT molecular complexity index is 631. The summed E-state index contributed by atoms with van der Waals surface area (Å²) in [6.45, 7) is 5.19. The second-order valence-corrected chi connectivity index (χ2v) is 6.52. The van der Waals surface area contributed by atoms with Crippen LogP contribution in [0.15, 0.2) is 17.0 Å². The number of hydrogen-bond donors (Lipinski definition) is 1. The van der Waals surface area contributed by atoms with Gasteiger partial charge < -0.3 is 0 Å². The van der Waals surface area contributed by atoms with E-state index in [0.29, 0.717) is 12.8 Å². The summed E-state index contributed by atoms with van der Waals surface area (Å²) in [5.41, 5.74) is -0.707. The van der Waals surface area contributed by atoms with E-state index >= 15 is 0 Å². The molecule has 1 atom stereocenters. The molecule has 1 aromatic carbocycles. The van der Waals surface area contributed by atoms with Gasteiger partial charge in [-0.05, 0) is 31.4 Å². The Morgan fingerprint density at radius 2 is 2.00 bits per heavy atom. The summed E-state index contributed by atoms with van der Waals surface area (Å²) in [5, 5.41) is 10.7. The molecule has 0 bridgehead atoms. The van der Waals surface area contributed by atoms with Gasteiger partial charge in [-0.25, -0.2) is 13.1 Å². The van der Waals surface area contributed by atoms with Gasteiger partial charge in [0.2, 0.25) is 15.8 Å². The SMILES string of the molecule is CCCC(CC)NS(=O)(=O)c1cc([N+](=O)[O-])c(F)cc1C. The van der Waals surface area contributed by atoms with Crippen LogP contribution in [0.1, 0.15) is 38.7 Å². The minimum atomic E-state index is -3.92. The van der Waals surface area contributed by atoms with Crippen molar-refractivity contribution in [2.75, 3.05) is 0 Å². The Labute approximate surface area is 123 Å². The highest BCUT2D eigenvalue weighted by molar-refractivity contribution is 7.89. The number of nitro benzene ring substituents is 1. The molecular formula is C13H19FN2O4S. The summed E-state index contributed by atoms with van der Waals surface area (Å²) >= 11 is 0. The van der Waals surface area contributed by atoms with E-state index in [1.54, 1.807) is 0 Å². The van der Waals surface area contributed by atoms with Crippen molar-refractivity contribution in [2.24, 2.45) is 0 Å². The molecule has 1 aromatic rings. The summed E-state index contributed by atoms with van der Waals surface area (Å²) in [4.78, 5) is 9.55. The van der Waals surface area contributed by atoms with E-state index in [9.17, 15) is 22.9 Å². The normalized spacial score (nSPS) is 13.1. The van der Waals surface area contributed by atoms with Crippen LogP contribution in [0.2, 0.25) is 0 Å². The third kappa shape index (κ3) is 4.21. The minimum Gasteiger partial charge on any atom is -0.258 e. The zero-order valence-electron chi connectivity index (χ0n) is 12.2. The van der Waals surface area contributed by atoms with Crippen molar-refractivity contribution in [2.45, 2.75) is 51.0 Å². The number of rotatable bonds is 7. The molecule has 1 N–H and O–H groups in total. The number of nitrogens with one attached hydrogen (secondary N) is 1. The highest BCUT2D eigenvalue weighted by Crippen LogP contribution is 2.25. The van der Waals surface area contributed by atoms with Crippen LogP contribution in [0.5, 0.6) is 0 Å². The summed E-state index contributed by atoms with van der Waals surface area (Å²) in [7, 11) is -3.92. The Kier molecular flexibility index (Phi) is 5.79. The van der Waals surface area contributed by atoms with Gasteiger partial charge in [0.15, 0.2) is 0 Å². The predicted molar refractivity (Wildman–Crippen MR) is 77.1 cm³/mol. The van der Waals surface area contributed by atoms with Crippen molar-refractivity contribution in [3.63, 3.8) is 0 Å². The Morgan fingerprint density at radius 1 is 1.38 bits per heavy atom. The lowest BCUT2D eigenvalue weighted by atomic mass is 10.1. The lowest BCUT2D eigenvalue weighted by molar-refractivity contribution is -0.387.